The summed E-state index contributed by atoms with van der Waals surface area (Å²) in [6, 6.07) is 3.52. The van der Waals surface area contributed by atoms with Crippen molar-refractivity contribution in [2.24, 2.45) is 0 Å². The van der Waals surface area contributed by atoms with Crippen LogP contribution in [-0.4, -0.2) is 36.3 Å². The largest absolute Gasteiger partial charge is 0.480 e. The standard InChI is InChI=1S/C9H10N2O6S/c10-5-1-2-7(6(3-5)9(14)15)11-18(16,17)4-8(12)13/h1-3,11H,4,10H2,(H,12,13)(H,14,15). The van der Waals surface area contributed by atoms with Crippen LogP contribution in [0, 0.1) is 0 Å². The fourth-order valence-corrected chi connectivity index (χ4v) is 2.10. The van der Waals surface area contributed by atoms with Crippen molar-refractivity contribution in [2.75, 3.05) is 16.2 Å². The summed E-state index contributed by atoms with van der Waals surface area (Å²) in [4.78, 5) is 21.2. The third-order valence-corrected chi connectivity index (χ3v) is 3.01. The van der Waals surface area contributed by atoms with Gasteiger partial charge in [-0.1, -0.05) is 0 Å². The second-order valence-electron chi connectivity index (χ2n) is 3.37. The van der Waals surface area contributed by atoms with E-state index in [9.17, 15) is 18.0 Å². The van der Waals surface area contributed by atoms with E-state index < -0.39 is 27.7 Å². The van der Waals surface area contributed by atoms with Gasteiger partial charge >= 0.3 is 11.9 Å². The summed E-state index contributed by atoms with van der Waals surface area (Å²) < 4.78 is 24.6. The highest BCUT2D eigenvalue weighted by molar-refractivity contribution is 7.93. The summed E-state index contributed by atoms with van der Waals surface area (Å²) in [6.45, 7) is 0. The minimum absolute atomic E-state index is 0.147. The summed E-state index contributed by atoms with van der Waals surface area (Å²) in [6.07, 6.45) is 0. The number of carboxylic acids is 2. The van der Waals surface area contributed by atoms with Crippen LogP contribution >= 0.6 is 0 Å². The van der Waals surface area contributed by atoms with Crippen LogP contribution < -0.4 is 10.5 Å². The molecule has 0 fully saturated rings. The van der Waals surface area contributed by atoms with Crippen LogP contribution in [0.4, 0.5) is 11.4 Å². The number of aliphatic carboxylic acids is 1. The second kappa shape index (κ2) is 4.92. The number of nitrogen functional groups attached to an aromatic ring is 1. The molecule has 0 amide bonds. The zero-order valence-corrected chi connectivity index (χ0v) is 9.77. The molecule has 0 aliphatic heterocycles. The average Bonchev–Trinajstić information content (AvgIpc) is 2.18. The lowest BCUT2D eigenvalue weighted by Gasteiger charge is -2.09. The van der Waals surface area contributed by atoms with Gasteiger partial charge in [-0.3, -0.25) is 9.52 Å². The fourth-order valence-electron chi connectivity index (χ4n) is 1.19. The maximum absolute atomic E-state index is 11.4. The van der Waals surface area contributed by atoms with Crippen molar-refractivity contribution in [1.82, 2.24) is 0 Å². The Bertz CT molecular complexity index is 595. The van der Waals surface area contributed by atoms with E-state index in [2.05, 4.69) is 0 Å². The Morgan fingerprint density at radius 1 is 1.28 bits per heavy atom. The zero-order chi connectivity index (χ0) is 13.9. The van der Waals surface area contributed by atoms with Crippen LogP contribution in [0.15, 0.2) is 18.2 Å². The molecule has 0 saturated carbocycles. The van der Waals surface area contributed by atoms with Gasteiger partial charge in [0.05, 0.1) is 11.3 Å². The highest BCUT2D eigenvalue weighted by atomic mass is 32.2. The first kappa shape index (κ1) is 13.8. The molecule has 1 aromatic rings. The molecule has 0 radical (unpaired) electrons. The Kier molecular flexibility index (Phi) is 3.76. The number of carbonyl (C=O) groups is 2. The molecular weight excluding hydrogens is 264 g/mol. The van der Waals surface area contributed by atoms with Gasteiger partial charge in [0.1, 0.15) is 0 Å². The van der Waals surface area contributed by atoms with E-state index in [1.165, 1.54) is 6.07 Å². The molecule has 0 aliphatic rings. The predicted molar refractivity (Wildman–Crippen MR) is 62.9 cm³/mol. The lowest BCUT2D eigenvalue weighted by atomic mass is 10.1. The number of sulfonamides is 1. The molecule has 0 aliphatic carbocycles. The molecule has 18 heavy (non-hydrogen) atoms. The first-order chi connectivity index (χ1) is 8.21. The smallest absolute Gasteiger partial charge is 0.337 e. The van der Waals surface area contributed by atoms with E-state index in [1.807, 2.05) is 4.72 Å². The first-order valence-electron chi connectivity index (χ1n) is 4.56. The molecule has 0 saturated heterocycles. The zero-order valence-electron chi connectivity index (χ0n) is 8.95. The Morgan fingerprint density at radius 3 is 2.39 bits per heavy atom. The van der Waals surface area contributed by atoms with E-state index in [0.29, 0.717) is 0 Å². The van der Waals surface area contributed by atoms with E-state index in [4.69, 9.17) is 15.9 Å². The number of nitrogens with two attached hydrogens (primary N) is 1. The van der Waals surface area contributed by atoms with Gasteiger partial charge in [-0.2, -0.15) is 0 Å². The van der Waals surface area contributed by atoms with Gasteiger partial charge in [0.2, 0.25) is 10.0 Å². The van der Waals surface area contributed by atoms with Crippen LogP contribution in [0.1, 0.15) is 10.4 Å². The predicted octanol–water partition coefficient (Wildman–Crippen LogP) is -0.207. The van der Waals surface area contributed by atoms with E-state index >= 15 is 0 Å². The lowest BCUT2D eigenvalue weighted by molar-refractivity contribution is -0.134. The summed E-state index contributed by atoms with van der Waals surface area (Å²) in [7, 11) is -4.16. The van der Waals surface area contributed by atoms with E-state index in [-0.39, 0.29) is 16.9 Å². The second-order valence-corrected chi connectivity index (χ2v) is 5.09. The number of hydrogen-bond acceptors (Lipinski definition) is 5. The van der Waals surface area contributed by atoms with Crippen LogP contribution in [0.25, 0.3) is 0 Å². The molecule has 9 heteroatoms. The fraction of sp³-hybridized carbons (Fsp3) is 0.111. The molecule has 8 nitrogen and oxygen atoms in total. The quantitative estimate of drug-likeness (QED) is 0.543. The van der Waals surface area contributed by atoms with Gasteiger partial charge in [0.15, 0.2) is 5.75 Å². The Labute approximate surface area is 102 Å². The molecular formula is C9H10N2O6S. The molecule has 0 spiro atoms. The van der Waals surface area contributed by atoms with Gasteiger partial charge in [0, 0.05) is 5.69 Å². The highest BCUT2D eigenvalue weighted by Crippen LogP contribution is 2.20. The third kappa shape index (κ3) is 3.63. The van der Waals surface area contributed by atoms with Crippen LogP contribution in [0.2, 0.25) is 0 Å². The molecule has 0 heterocycles. The number of anilines is 2. The summed E-state index contributed by atoms with van der Waals surface area (Å²) in [5.41, 5.74) is 4.93. The maximum Gasteiger partial charge on any atom is 0.337 e. The monoisotopic (exact) mass is 274 g/mol. The molecule has 0 unspecified atom stereocenters. The average molecular weight is 274 g/mol. The third-order valence-electron chi connectivity index (χ3n) is 1.85. The summed E-state index contributed by atoms with van der Waals surface area (Å²) in [5.74, 6) is -4.08. The molecule has 0 bridgehead atoms. The van der Waals surface area contributed by atoms with Crippen molar-refractivity contribution in [3.05, 3.63) is 23.8 Å². The normalized spacial score (nSPS) is 10.9. The van der Waals surface area contributed by atoms with Crippen molar-refractivity contribution < 1.29 is 28.2 Å². The van der Waals surface area contributed by atoms with Crippen molar-refractivity contribution in [1.29, 1.82) is 0 Å². The van der Waals surface area contributed by atoms with Gasteiger partial charge in [-0.25, -0.2) is 13.2 Å². The van der Waals surface area contributed by atoms with Gasteiger partial charge in [-0.15, -0.1) is 0 Å². The Hall–Kier alpha value is -2.29. The number of carboxylic acid groups (broad SMARTS) is 2. The summed E-state index contributed by atoms with van der Waals surface area (Å²) >= 11 is 0. The molecule has 1 aromatic carbocycles. The van der Waals surface area contributed by atoms with Crippen LogP contribution in [-0.2, 0) is 14.8 Å². The van der Waals surface area contributed by atoms with Gasteiger partial charge < -0.3 is 15.9 Å². The Morgan fingerprint density at radius 2 is 1.89 bits per heavy atom. The lowest BCUT2D eigenvalue weighted by Crippen LogP contribution is -2.23. The minimum Gasteiger partial charge on any atom is -0.480 e. The van der Waals surface area contributed by atoms with Crippen molar-refractivity contribution in [3.63, 3.8) is 0 Å². The van der Waals surface area contributed by atoms with Gasteiger partial charge in [-0.05, 0) is 18.2 Å². The number of benzene rings is 1. The van der Waals surface area contributed by atoms with Crippen LogP contribution in [0.3, 0.4) is 0 Å². The first-order valence-corrected chi connectivity index (χ1v) is 6.21. The summed E-state index contributed by atoms with van der Waals surface area (Å²) in [5, 5.41) is 17.3. The van der Waals surface area contributed by atoms with E-state index in [0.717, 1.165) is 12.1 Å². The van der Waals surface area contributed by atoms with Crippen molar-refractivity contribution in [3.8, 4) is 0 Å². The topological polar surface area (TPSA) is 147 Å². The highest BCUT2D eigenvalue weighted by Gasteiger charge is 2.19. The molecule has 5 N–H and O–H groups in total. The van der Waals surface area contributed by atoms with Gasteiger partial charge in [0.25, 0.3) is 0 Å². The number of aromatic carboxylic acids is 1. The number of hydrogen-bond donors (Lipinski definition) is 4. The number of nitrogens with one attached hydrogen (secondary N) is 1. The Balaban J connectivity index is 3.12. The van der Waals surface area contributed by atoms with Crippen LogP contribution in [0.5, 0.6) is 0 Å². The molecule has 0 atom stereocenters. The SMILES string of the molecule is Nc1ccc(NS(=O)(=O)CC(=O)O)c(C(=O)O)c1. The van der Waals surface area contributed by atoms with Crippen molar-refractivity contribution in [2.45, 2.75) is 0 Å². The minimum atomic E-state index is -4.16. The molecule has 98 valence electrons. The van der Waals surface area contributed by atoms with Crippen molar-refractivity contribution >= 4 is 33.3 Å². The molecule has 0 aromatic heterocycles. The number of rotatable bonds is 5. The molecule has 1 rings (SSSR count). The maximum atomic E-state index is 11.4. The van der Waals surface area contributed by atoms with E-state index in [1.54, 1.807) is 0 Å².